The quantitative estimate of drug-likeness (QED) is 0.811. The van der Waals surface area contributed by atoms with Gasteiger partial charge in [0.2, 0.25) is 5.91 Å². The van der Waals surface area contributed by atoms with E-state index in [1.165, 1.54) is 12.8 Å². The number of nitrogens with one attached hydrogen (secondary N) is 1. The molecule has 118 valence electrons. The third kappa shape index (κ3) is 3.40. The Kier molecular flexibility index (Phi) is 4.05. The van der Waals surface area contributed by atoms with Crippen LogP contribution >= 0.6 is 0 Å². The van der Waals surface area contributed by atoms with E-state index in [0.29, 0.717) is 24.4 Å². The van der Waals surface area contributed by atoms with Crippen molar-refractivity contribution in [1.82, 2.24) is 0 Å². The van der Waals surface area contributed by atoms with Gasteiger partial charge in [-0.25, -0.2) is 0 Å². The average molecular weight is 303 g/mol. The van der Waals surface area contributed by atoms with Gasteiger partial charge in [-0.05, 0) is 55.9 Å². The Balaban J connectivity index is 1.51. The standard InChI is InChI=1S/C17H21NO4/c19-15(10-17(16(20)21)8-1-9-17)18-13-4-6-14(7-5-13)22-11-12-2-3-12/h4-7,12H,1-3,8-11H2,(H,18,19)(H,20,21). The summed E-state index contributed by atoms with van der Waals surface area (Å²) >= 11 is 0. The molecule has 2 N–H and O–H groups in total. The molecule has 0 atom stereocenters. The van der Waals surface area contributed by atoms with Gasteiger partial charge in [-0.1, -0.05) is 6.42 Å². The van der Waals surface area contributed by atoms with Crippen molar-refractivity contribution >= 4 is 17.6 Å². The maximum absolute atomic E-state index is 12.0. The zero-order valence-corrected chi connectivity index (χ0v) is 12.5. The first kappa shape index (κ1) is 14.9. The van der Waals surface area contributed by atoms with E-state index in [-0.39, 0.29) is 12.3 Å². The molecule has 0 radical (unpaired) electrons. The van der Waals surface area contributed by atoms with Crippen molar-refractivity contribution in [3.05, 3.63) is 24.3 Å². The summed E-state index contributed by atoms with van der Waals surface area (Å²) in [5, 5.41) is 12.0. The molecule has 3 rings (SSSR count). The summed E-state index contributed by atoms with van der Waals surface area (Å²) in [7, 11) is 0. The molecule has 5 heteroatoms. The van der Waals surface area contributed by atoms with Gasteiger partial charge in [-0.2, -0.15) is 0 Å². The van der Waals surface area contributed by atoms with Gasteiger partial charge in [0.25, 0.3) is 0 Å². The molecule has 2 aliphatic carbocycles. The van der Waals surface area contributed by atoms with Crippen LogP contribution in [0.5, 0.6) is 5.75 Å². The number of hydrogen-bond acceptors (Lipinski definition) is 3. The molecule has 22 heavy (non-hydrogen) atoms. The molecule has 0 unspecified atom stereocenters. The van der Waals surface area contributed by atoms with E-state index in [2.05, 4.69) is 5.32 Å². The van der Waals surface area contributed by atoms with Crippen LogP contribution in [-0.2, 0) is 9.59 Å². The fourth-order valence-corrected chi connectivity index (χ4v) is 2.72. The SMILES string of the molecule is O=C(CC1(C(=O)O)CCC1)Nc1ccc(OCC2CC2)cc1. The second kappa shape index (κ2) is 5.99. The van der Waals surface area contributed by atoms with Crippen molar-refractivity contribution in [2.45, 2.75) is 38.5 Å². The number of carbonyl (C=O) groups excluding carboxylic acids is 1. The van der Waals surface area contributed by atoms with Crippen LogP contribution in [0.4, 0.5) is 5.69 Å². The predicted octanol–water partition coefficient (Wildman–Crippen LogP) is 3.06. The highest BCUT2D eigenvalue weighted by Gasteiger charge is 2.45. The van der Waals surface area contributed by atoms with Gasteiger partial charge in [-0.15, -0.1) is 0 Å². The monoisotopic (exact) mass is 303 g/mol. The number of aliphatic carboxylic acids is 1. The lowest BCUT2D eigenvalue weighted by Gasteiger charge is -2.36. The number of rotatable bonds is 7. The fraction of sp³-hybridized carbons (Fsp3) is 0.529. The van der Waals surface area contributed by atoms with E-state index >= 15 is 0 Å². The molecule has 2 aliphatic rings. The highest BCUT2D eigenvalue weighted by molar-refractivity contribution is 5.94. The summed E-state index contributed by atoms with van der Waals surface area (Å²) in [5.41, 5.74) is -0.180. The van der Waals surface area contributed by atoms with Gasteiger partial charge >= 0.3 is 5.97 Å². The van der Waals surface area contributed by atoms with Gasteiger partial charge < -0.3 is 15.2 Å². The third-order valence-electron chi connectivity index (χ3n) is 4.58. The lowest BCUT2D eigenvalue weighted by atomic mass is 9.66. The van der Waals surface area contributed by atoms with E-state index < -0.39 is 11.4 Å². The highest BCUT2D eigenvalue weighted by Crippen LogP contribution is 2.44. The van der Waals surface area contributed by atoms with Crippen LogP contribution in [0.1, 0.15) is 38.5 Å². The lowest BCUT2D eigenvalue weighted by molar-refractivity contribution is -0.157. The third-order valence-corrected chi connectivity index (χ3v) is 4.58. The minimum absolute atomic E-state index is 0.0439. The maximum atomic E-state index is 12.0. The van der Waals surface area contributed by atoms with E-state index in [4.69, 9.17) is 4.74 Å². The summed E-state index contributed by atoms with van der Waals surface area (Å²) in [5.74, 6) is 0.395. The number of anilines is 1. The Morgan fingerprint density at radius 2 is 1.91 bits per heavy atom. The van der Waals surface area contributed by atoms with Crippen LogP contribution in [0.2, 0.25) is 0 Å². The molecule has 0 spiro atoms. The van der Waals surface area contributed by atoms with Gasteiger partial charge in [0.1, 0.15) is 5.75 Å². The van der Waals surface area contributed by atoms with Gasteiger partial charge in [0.05, 0.1) is 12.0 Å². The Bertz CT molecular complexity index is 559. The van der Waals surface area contributed by atoms with Gasteiger partial charge in [0, 0.05) is 12.1 Å². The number of benzene rings is 1. The molecular weight excluding hydrogens is 282 g/mol. The largest absolute Gasteiger partial charge is 0.493 e. The van der Waals surface area contributed by atoms with Crippen LogP contribution in [0.15, 0.2) is 24.3 Å². The number of carboxylic acids is 1. The van der Waals surface area contributed by atoms with Crippen molar-refractivity contribution in [2.75, 3.05) is 11.9 Å². The molecule has 0 aromatic heterocycles. The Morgan fingerprint density at radius 1 is 1.23 bits per heavy atom. The smallest absolute Gasteiger partial charge is 0.310 e. The average Bonchev–Trinajstić information content (AvgIpc) is 3.26. The summed E-state index contributed by atoms with van der Waals surface area (Å²) in [4.78, 5) is 23.3. The van der Waals surface area contributed by atoms with Crippen LogP contribution in [-0.4, -0.2) is 23.6 Å². The summed E-state index contributed by atoms with van der Waals surface area (Å²) in [6.45, 7) is 0.757. The molecule has 1 amide bonds. The number of carbonyl (C=O) groups is 2. The summed E-state index contributed by atoms with van der Waals surface area (Å²) in [6, 6.07) is 7.23. The van der Waals surface area contributed by atoms with Crippen molar-refractivity contribution < 1.29 is 19.4 Å². The maximum Gasteiger partial charge on any atom is 0.310 e. The Morgan fingerprint density at radius 3 is 2.41 bits per heavy atom. The van der Waals surface area contributed by atoms with Crippen molar-refractivity contribution in [2.24, 2.45) is 11.3 Å². The van der Waals surface area contributed by atoms with E-state index in [9.17, 15) is 14.7 Å². The molecule has 0 aliphatic heterocycles. The number of amides is 1. The van der Waals surface area contributed by atoms with Crippen molar-refractivity contribution in [1.29, 1.82) is 0 Å². The molecule has 0 saturated heterocycles. The van der Waals surface area contributed by atoms with Gasteiger partial charge in [-0.3, -0.25) is 9.59 Å². The molecule has 0 bridgehead atoms. The van der Waals surface area contributed by atoms with Crippen molar-refractivity contribution in [3.8, 4) is 5.75 Å². The molecule has 1 aromatic rings. The van der Waals surface area contributed by atoms with Crippen LogP contribution in [0.25, 0.3) is 0 Å². The molecule has 1 aromatic carbocycles. The molecule has 5 nitrogen and oxygen atoms in total. The number of ether oxygens (including phenoxy) is 1. The van der Waals surface area contributed by atoms with Crippen LogP contribution < -0.4 is 10.1 Å². The number of carboxylic acid groups (broad SMARTS) is 1. The minimum atomic E-state index is -0.863. The molecule has 2 saturated carbocycles. The zero-order valence-electron chi connectivity index (χ0n) is 12.5. The number of hydrogen-bond donors (Lipinski definition) is 2. The normalized spacial score (nSPS) is 19.1. The minimum Gasteiger partial charge on any atom is -0.493 e. The van der Waals surface area contributed by atoms with E-state index in [1.54, 1.807) is 12.1 Å². The van der Waals surface area contributed by atoms with E-state index in [0.717, 1.165) is 18.8 Å². The second-order valence-corrected chi connectivity index (χ2v) is 6.44. The summed E-state index contributed by atoms with van der Waals surface area (Å²) in [6.07, 6.45) is 4.60. The van der Waals surface area contributed by atoms with Crippen molar-refractivity contribution in [3.63, 3.8) is 0 Å². The first-order valence-corrected chi connectivity index (χ1v) is 7.83. The highest BCUT2D eigenvalue weighted by atomic mass is 16.5. The molecule has 0 heterocycles. The Hall–Kier alpha value is -2.04. The van der Waals surface area contributed by atoms with E-state index in [1.807, 2.05) is 12.1 Å². The summed E-state index contributed by atoms with van der Waals surface area (Å²) < 4.78 is 5.64. The first-order valence-electron chi connectivity index (χ1n) is 7.83. The first-order chi connectivity index (χ1) is 10.6. The zero-order chi connectivity index (χ0) is 15.6. The fourth-order valence-electron chi connectivity index (χ4n) is 2.72. The predicted molar refractivity (Wildman–Crippen MR) is 81.8 cm³/mol. The lowest BCUT2D eigenvalue weighted by Crippen LogP contribution is -2.41. The molecule has 2 fully saturated rings. The van der Waals surface area contributed by atoms with Crippen LogP contribution in [0, 0.1) is 11.3 Å². The van der Waals surface area contributed by atoms with Gasteiger partial charge in [0.15, 0.2) is 0 Å². The molecular formula is C17H21NO4. The second-order valence-electron chi connectivity index (χ2n) is 6.44. The Labute approximate surface area is 129 Å². The topological polar surface area (TPSA) is 75.6 Å². The van der Waals surface area contributed by atoms with Crippen LogP contribution in [0.3, 0.4) is 0 Å².